The van der Waals surface area contributed by atoms with Crippen molar-refractivity contribution in [2.45, 2.75) is 19.8 Å². The molecule has 0 saturated carbocycles. The lowest BCUT2D eigenvalue weighted by Crippen LogP contribution is -2.41. The van der Waals surface area contributed by atoms with E-state index in [1.54, 1.807) is 35.2 Å². The van der Waals surface area contributed by atoms with Crippen molar-refractivity contribution in [2.24, 2.45) is 5.92 Å². The summed E-state index contributed by atoms with van der Waals surface area (Å²) in [6.45, 7) is 3.23. The van der Waals surface area contributed by atoms with Crippen molar-refractivity contribution >= 4 is 22.8 Å². The first-order chi connectivity index (χ1) is 14.5. The van der Waals surface area contributed by atoms with Gasteiger partial charge in [0.2, 0.25) is 0 Å². The van der Waals surface area contributed by atoms with E-state index in [1.807, 2.05) is 12.1 Å². The molecular formula is C24H23FN2O3. The molecule has 0 aliphatic carbocycles. The summed E-state index contributed by atoms with van der Waals surface area (Å²) in [4.78, 5) is 31.7. The van der Waals surface area contributed by atoms with E-state index in [4.69, 9.17) is 4.74 Å². The second-order valence-corrected chi connectivity index (χ2v) is 7.74. The number of fused-ring (bicyclic) bond motifs is 1. The number of carbonyl (C=O) groups excluding carboxylic acids is 2. The van der Waals surface area contributed by atoms with Crippen LogP contribution in [0.5, 0.6) is 0 Å². The van der Waals surface area contributed by atoms with Crippen LogP contribution in [0, 0.1) is 11.7 Å². The molecule has 0 radical (unpaired) electrons. The minimum atomic E-state index is -0.574. The van der Waals surface area contributed by atoms with Gasteiger partial charge in [-0.3, -0.25) is 4.79 Å². The summed E-state index contributed by atoms with van der Waals surface area (Å²) in [5.41, 5.74) is 2.19. The van der Waals surface area contributed by atoms with Crippen molar-refractivity contribution in [2.75, 3.05) is 19.7 Å². The largest absolute Gasteiger partial charge is 0.452 e. The number of halogens is 1. The van der Waals surface area contributed by atoms with Crippen LogP contribution in [0.15, 0.2) is 54.6 Å². The van der Waals surface area contributed by atoms with Gasteiger partial charge in [-0.05, 0) is 55.2 Å². The summed E-state index contributed by atoms with van der Waals surface area (Å²) in [5, 5.41) is 0.646. The number of ether oxygens (including phenoxy) is 1. The maximum atomic E-state index is 13.3. The summed E-state index contributed by atoms with van der Waals surface area (Å²) in [7, 11) is 0. The molecule has 4 rings (SSSR count). The topological polar surface area (TPSA) is 59.5 Å². The van der Waals surface area contributed by atoms with E-state index in [1.165, 1.54) is 12.1 Å². The monoisotopic (exact) mass is 406 g/mol. The molecule has 1 atom stereocenters. The van der Waals surface area contributed by atoms with Gasteiger partial charge >= 0.3 is 5.97 Å². The second kappa shape index (κ2) is 8.61. The predicted octanol–water partition coefficient (Wildman–Crippen LogP) is 4.46. The van der Waals surface area contributed by atoms with Crippen LogP contribution in [0.4, 0.5) is 4.39 Å². The van der Waals surface area contributed by atoms with Crippen LogP contribution in [0.2, 0.25) is 0 Å². The fourth-order valence-corrected chi connectivity index (χ4v) is 3.83. The molecule has 1 saturated heterocycles. The highest BCUT2D eigenvalue weighted by molar-refractivity contribution is 6.05. The standard InChI is InChI=1S/C24H23FN2O3/c1-16-5-4-12-27(14-16)23(28)15-30-24(29)20-13-22(17-8-10-18(25)11-9-17)26-21-7-3-2-6-19(20)21/h2-3,6-11,13,16H,4-5,12,14-15H2,1H3/t16-/m0/s1. The van der Waals surface area contributed by atoms with E-state index < -0.39 is 5.97 Å². The van der Waals surface area contributed by atoms with Crippen LogP contribution in [0.1, 0.15) is 30.1 Å². The zero-order valence-electron chi connectivity index (χ0n) is 16.8. The van der Waals surface area contributed by atoms with E-state index in [9.17, 15) is 14.0 Å². The Morgan fingerprint density at radius 1 is 1.17 bits per heavy atom. The Hall–Kier alpha value is -3.28. The Bertz CT molecular complexity index is 1080. The first-order valence-corrected chi connectivity index (χ1v) is 10.1. The molecule has 2 heterocycles. The molecule has 0 spiro atoms. The van der Waals surface area contributed by atoms with Gasteiger partial charge in [-0.2, -0.15) is 0 Å². The number of rotatable bonds is 4. The van der Waals surface area contributed by atoms with Crippen molar-refractivity contribution in [3.8, 4) is 11.3 Å². The molecule has 3 aromatic rings. The molecule has 1 aromatic heterocycles. The van der Waals surface area contributed by atoms with Gasteiger partial charge in [0.15, 0.2) is 6.61 Å². The number of hydrogen-bond donors (Lipinski definition) is 0. The number of hydrogen-bond acceptors (Lipinski definition) is 4. The fraction of sp³-hybridized carbons (Fsp3) is 0.292. The van der Waals surface area contributed by atoms with Gasteiger partial charge < -0.3 is 9.64 Å². The van der Waals surface area contributed by atoms with E-state index in [0.29, 0.717) is 46.7 Å². The molecule has 1 aliphatic rings. The van der Waals surface area contributed by atoms with Gasteiger partial charge in [0, 0.05) is 24.0 Å². The van der Waals surface area contributed by atoms with Gasteiger partial charge in [-0.25, -0.2) is 14.2 Å². The molecule has 0 N–H and O–H groups in total. The van der Waals surface area contributed by atoms with Crippen LogP contribution < -0.4 is 0 Å². The number of pyridine rings is 1. The third-order valence-electron chi connectivity index (χ3n) is 5.41. The average molecular weight is 406 g/mol. The molecule has 1 amide bonds. The van der Waals surface area contributed by atoms with Crippen molar-refractivity contribution < 1.29 is 18.7 Å². The third kappa shape index (κ3) is 4.32. The lowest BCUT2D eigenvalue weighted by molar-refractivity contribution is -0.136. The number of amides is 1. The lowest BCUT2D eigenvalue weighted by Gasteiger charge is -2.30. The quantitative estimate of drug-likeness (QED) is 0.601. The number of aromatic nitrogens is 1. The maximum Gasteiger partial charge on any atom is 0.339 e. The number of carbonyl (C=O) groups is 2. The van der Waals surface area contributed by atoms with Gasteiger partial charge in [0.25, 0.3) is 5.91 Å². The Morgan fingerprint density at radius 2 is 1.93 bits per heavy atom. The van der Waals surface area contributed by atoms with Gasteiger partial charge in [0.1, 0.15) is 5.82 Å². The molecule has 5 nitrogen and oxygen atoms in total. The van der Waals surface area contributed by atoms with Crippen LogP contribution in [-0.4, -0.2) is 41.5 Å². The van der Waals surface area contributed by atoms with Crippen molar-refractivity contribution in [1.29, 1.82) is 0 Å². The summed E-state index contributed by atoms with van der Waals surface area (Å²) in [6, 6.07) is 14.8. The highest BCUT2D eigenvalue weighted by atomic mass is 19.1. The van der Waals surface area contributed by atoms with Crippen molar-refractivity contribution in [1.82, 2.24) is 9.88 Å². The summed E-state index contributed by atoms with van der Waals surface area (Å²) >= 11 is 0. The minimum Gasteiger partial charge on any atom is -0.452 e. The first-order valence-electron chi connectivity index (χ1n) is 10.1. The van der Waals surface area contributed by atoms with Crippen LogP contribution in [-0.2, 0) is 9.53 Å². The number of para-hydroxylation sites is 1. The zero-order chi connectivity index (χ0) is 21.1. The highest BCUT2D eigenvalue weighted by Crippen LogP contribution is 2.26. The number of benzene rings is 2. The molecule has 1 fully saturated rings. The Balaban J connectivity index is 1.58. The number of esters is 1. The summed E-state index contributed by atoms with van der Waals surface area (Å²) < 4.78 is 18.7. The summed E-state index contributed by atoms with van der Waals surface area (Å²) in [6.07, 6.45) is 2.08. The highest BCUT2D eigenvalue weighted by Gasteiger charge is 2.23. The maximum absolute atomic E-state index is 13.3. The number of piperidine rings is 1. The van der Waals surface area contributed by atoms with Crippen molar-refractivity contribution in [3.63, 3.8) is 0 Å². The summed E-state index contributed by atoms with van der Waals surface area (Å²) in [5.74, 6) is -0.632. The van der Waals surface area contributed by atoms with E-state index in [0.717, 1.165) is 12.8 Å². The predicted molar refractivity (Wildman–Crippen MR) is 112 cm³/mol. The first kappa shape index (κ1) is 20.0. The minimum absolute atomic E-state index is 0.174. The molecule has 1 aliphatic heterocycles. The molecule has 30 heavy (non-hydrogen) atoms. The fourth-order valence-electron chi connectivity index (χ4n) is 3.83. The van der Waals surface area contributed by atoms with E-state index in [2.05, 4.69) is 11.9 Å². The molecule has 0 bridgehead atoms. The lowest BCUT2D eigenvalue weighted by atomic mass is 10.0. The smallest absolute Gasteiger partial charge is 0.339 e. The van der Waals surface area contributed by atoms with Crippen LogP contribution in [0.3, 0.4) is 0 Å². The van der Waals surface area contributed by atoms with Crippen LogP contribution in [0.25, 0.3) is 22.2 Å². The number of nitrogens with zero attached hydrogens (tertiary/aromatic N) is 2. The Kier molecular flexibility index (Phi) is 5.74. The van der Waals surface area contributed by atoms with Crippen LogP contribution >= 0.6 is 0 Å². The van der Waals surface area contributed by atoms with Crippen molar-refractivity contribution in [3.05, 3.63) is 66.0 Å². The molecular weight excluding hydrogens is 383 g/mol. The Labute approximate surface area is 174 Å². The average Bonchev–Trinajstić information content (AvgIpc) is 2.77. The van der Waals surface area contributed by atoms with Gasteiger partial charge in [-0.1, -0.05) is 25.1 Å². The zero-order valence-corrected chi connectivity index (χ0v) is 16.8. The SMILES string of the molecule is C[C@H]1CCCN(C(=O)COC(=O)c2cc(-c3ccc(F)cc3)nc3ccccc23)C1. The van der Waals surface area contributed by atoms with Gasteiger partial charge in [0.05, 0.1) is 16.8 Å². The molecule has 6 heteroatoms. The second-order valence-electron chi connectivity index (χ2n) is 7.74. The van der Waals surface area contributed by atoms with E-state index in [-0.39, 0.29) is 18.3 Å². The number of likely N-dealkylation sites (tertiary alicyclic amines) is 1. The molecule has 2 aromatic carbocycles. The molecule has 154 valence electrons. The Morgan fingerprint density at radius 3 is 2.70 bits per heavy atom. The van der Waals surface area contributed by atoms with E-state index >= 15 is 0 Å². The van der Waals surface area contributed by atoms with Gasteiger partial charge in [-0.15, -0.1) is 0 Å². The normalized spacial score (nSPS) is 16.5. The molecule has 0 unspecified atom stereocenters. The third-order valence-corrected chi connectivity index (χ3v) is 5.41.